The van der Waals surface area contributed by atoms with Gasteiger partial charge < -0.3 is 14.9 Å². The average Bonchev–Trinajstić information content (AvgIpc) is 2.76. The van der Waals surface area contributed by atoms with Crippen molar-refractivity contribution in [3.05, 3.63) is 70.4 Å². The molecule has 1 amide bonds. The van der Waals surface area contributed by atoms with Gasteiger partial charge in [-0.25, -0.2) is 13.9 Å². The van der Waals surface area contributed by atoms with Crippen molar-refractivity contribution in [1.82, 2.24) is 14.7 Å². The molecule has 1 aliphatic heterocycles. The number of carboxylic acids is 1. The number of rotatable bonds is 4. The van der Waals surface area contributed by atoms with Crippen LogP contribution >= 0.6 is 0 Å². The highest BCUT2D eigenvalue weighted by atomic mass is 19.1. The van der Waals surface area contributed by atoms with Crippen LogP contribution in [-0.4, -0.2) is 57.8 Å². The number of carbonyl (C=O) groups is 2. The Labute approximate surface area is 170 Å². The van der Waals surface area contributed by atoms with E-state index in [1.165, 1.54) is 18.2 Å². The van der Waals surface area contributed by atoms with Gasteiger partial charge >= 0.3 is 5.97 Å². The molecule has 1 aromatic heterocycles. The summed E-state index contributed by atoms with van der Waals surface area (Å²) in [5, 5.41) is 13.8. The molecule has 0 radical (unpaired) electrons. The van der Waals surface area contributed by atoms with Crippen LogP contribution in [0.15, 0.2) is 53.3 Å². The van der Waals surface area contributed by atoms with Crippen LogP contribution in [-0.2, 0) is 11.3 Å². The molecule has 0 spiro atoms. The molecule has 3 aromatic rings. The summed E-state index contributed by atoms with van der Waals surface area (Å²) in [5.74, 6) is -1.93. The van der Waals surface area contributed by atoms with E-state index < -0.39 is 11.5 Å². The second kappa shape index (κ2) is 7.94. The Morgan fingerprint density at radius 2 is 1.60 bits per heavy atom. The van der Waals surface area contributed by atoms with Gasteiger partial charge in [-0.2, -0.15) is 5.10 Å². The number of fused-ring (bicyclic) bond motifs is 1. The van der Waals surface area contributed by atoms with E-state index in [9.17, 15) is 23.9 Å². The van der Waals surface area contributed by atoms with Gasteiger partial charge in [0.1, 0.15) is 12.4 Å². The van der Waals surface area contributed by atoms with Crippen molar-refractivity contribution in [3.63, 3.8) is 0 Å². The van der Waals surface area contributed by atoms with Gasteiger partial charge in [-0.3, -0.25) is 9.59 Å². The highest BCUT2D eigenvalue weighted by Gasteiger charge is 2.24. The summed E-state index contributed by atoms with van der Waals surface area (Å²) >= 11 is 0. The van der Waals surface area contributed by atoms with Crippen molar-refractivity contribution in [2.24, 2.45) is 0 Å². The van der Waals surface area contributed by atoms with Gasteiger partial charge in [-0.15, -0.1) is 0 Å². The number of halogens is 1. The van der Waals surface area contributed by atoms with Gasteiger partial charge in [0, 0.05) is 31.6 Å². The number of hydrogen-bond acceptors (Lipinski definition) is 5. The first-order valence-electron chi connectivity index (χ1n) is 9.46. The molecule has 154 valence electrons. The van der Waals surface area contributed by atoms with Crippen LogP contribution in [0, 0.1) is 5.82 Å². The van der Waals surface area contributed by atoms with E-state index in [2.05, 4.69) is 5.10 Å². The summed E-state index contributed by atoms with van der Waals surface area (Å²) in [6.45, 7) is 1.27. The molecule has 30 heavy (non-hydrogen) atoms. The predicted molar refractivity (Wildman–Crippen MR) is 108 cm³/mol. The Bertz CT molecular complexity index is 1190. The maximum atomic E-state index is 14.0. The fourth-order valence-electron chi connectivity index (χ4n) is 3.63. The number of aromatic nitrogens is 2. The second-order valence-corrected chi connectivity index (χ2v) is 6.98. The molecule has 4 rings (SSSR count). The van der Waals surface area contributed by atoms with Crippen LogP contribution in [0.1, 0.15) is 10.5 Å². The Morgan fingerprint density at radius 1 is 0.967 bits per heavy atom. The first-order valence-corrected chi connectivity index (χ1v) is 9.46. The summed E-state index contributed by atoms with van der Waals surface area (Å²) < 4.78 is 14.9. The van der Waals surface area contributed by atoms with Crippen molar-refractivity contribution in [2.45, 2.75) is 6.54 Å². The summed E-state index contributed by atoms with van der Waals surface area (Å²) in [6.07, 6.45) is 0. The molecular weight excluding hydrogens is 391 g/mol. The van der Waals surface area contributed by atoms with Crippen LogP contribution in [0.5, 0.6) is 0 Å². The number of hydrogen-bond donors (Lipinski definition) is 1. The molecule has 1 saturated heterocycles. The largest absolute Gasteiger partial charge is 0.476 e. The Balaban J connectivity index is 1.52. The molecule has 8 nitrogen and oxygen atoms in total. The van der Waals surface area contributed by atoms with Crippen molar-refractivity contribution in [2.75, 3.05) is 31.1 Å². The topological polar surface area (TPSA) is 95.7 Å². The van der Waals surface area contributed by atoms with Crippen LogP contribution < -0.4 is 10.5 Å². The van der Waals surface area contributed by atoms with Crippen molar-refractivity contribution in [3.8, 4) is 0 Å². The Kier molecular flexibility index (Phi) is 5.18. The number of amides is 1. The number of nitrogens with zero attached hydrogens (tertiary/aromatic N) is 4. The van der Waals surface area contributed by atoms with Crippen LogP contribution in [0.2, 0.25) is 0 Å². The third-order valence-electron chi connectivity index (χ3n) is 5.18. The minimum Gasteiger partial charge on any atom is -0.476 e. The van der Waals surface area contributed by atoms with Crippen LogP contribution in [0.4, 0.5) is 10.1 Å². The molecule has 1 fully saturated rings. The third-order valence-corrected chi connectivity index (χ3v) is 5.18. The van der Waals surface area contributed by atoms with Gasteiger partial charge in [-0.1, -0.05) is 30.3 Å². The van der Waals surface area contributed by atoms with E-state index >= 15 is 0 Å². The molecule has 0 unspecified atom stereocenters. The zero-order valence-electron chi connectivity index (χ0n) is 16.0. The quantitative estimate of drug-likeness (QED) is 0.702. The third kappa shape index (κ3) is 3.61. The van der Waals surface area contributed by atoms with Crippen molar-refractivity contribution >= 4 is 28.3 Å². The molecule has 0 atom stereocenters. The summed E-state index contributed by atoms with van der Waals surface area (Å²) in [4.78, 5) is 40.4. The lowest BCUT2D eigenvalue weighted by atomic mass is 10.1. The SMILES string of the molecule is O=C(O)c1nn(CC(=O)N2CCN(c3ccccc3F)CC2)c(=O)c2ccccc12. The van der Waals surface area contributed by atoms with E-state index in [0.717, 1.165) is 4.68 Å². The minimum absolute atomic E-state index is 0.196. The molecule has 2 heterocycles. The lowest BCUT2D eigenvalue weighted by Gasteiger charge is -2.36. The Hall–Kier alpha value is -3.75. The van der Waals surface area contributed by atoms with Gasteiger partial charge in [0.2, 0.25) is 5.91 Å². The summed E-state index contributed by atoms with van der Waals surface area (Å²) in [6, 6.07) is 12.8. The van der Waals surface area contributed by atoms with Crippen molar-refractivity contribution < 1.29 is 19.1 Å². The molecule has 0 saturated carbocycles. The smallest absolute Gasteiger partial charge is 0.357 e. The number of piperazine rings is 1. The first kappa shape index (κ1) is 19.6. The van der Waals surface area contributed by atoms with Crippen molar-refractivity contribution in [1.29, 1.82) is 0 Å². The number of carboxylic acid groups (broad SMARTS) is 1. The Morgan fingerprint density at radius 3 is 2.27 bits per heavy atom. The second-order valence-electron chi connectivity index (χ2n) is 6.98. The fourth-order valence-corrected chi connectivity index (χ4v) is 3.63. The highest BCUT2D eigenvalue weighted by Crippen LogP contribution is 2.20. The predicted octanol–water partition coefficient (Wildman–Crippen LogP) is 1.58. The van der Waals surface area contributed by atoms with E-state index in [1.807, 2.05) is 4.90 Å². The maximum Gasteiger partial charge on any atom is 0.357 e. The van der Waals surface area contributed by atoms with Gasteiger partial charge in [0.05, 0.1) is 11.1 Å². The molecular formula is C21H19FN4O4. The van der Waals surface area contributed by atoms with E-state index in [4.69, 9.17) is 0 Å². The van der Waals surface area contributed by atoms with E-state index in [1.54, 1.807) is 35.2 Å². The van der Waals surface area contributed by atoms with Gasteiger partial charge in [-0.05, 0) is 18.2 Å². The van der Waals surface area contributed by atoms with Crippen LogP contribution in [0.3, 0.4) is 0 Å². The lowest BCUT2D eigenvalue weighted by molar-refractivity contribution is -0.132. The van der Waals surface area contributed by atoms with Crippen LogP contribution in [0.25, 0.3) is 10.8 Å². The zero-order valence-corrected chi connectivity index (χ0v) is 16.0. The van der Waals surface area contributed by atoms with Gasteiger partial charge in [0.15, 0.2) is 5.69 Å². The summed E-state index contributed by atoms with van der Waals surface area (Å²) in [5.41, 5.74) is -0.306. The molecule has 1 aliphatic rings. The highest BCUT2D eigenvalue weighted by molar-refractivity contribution is 6.01. The van der Waals surface area contributed by atoms with E-state index in [-0.39, 0.29) is 34.7 Å². The molecule has 2 aromatic carbocycles. The lowest BCUT2D eigenvalue weighted by Crippen LogP contribution is -2.50. The molecule has 1 N–H and O–H groups in total. The molecule has 9 heteroatoms. The fraction of sp³-hybridized carbons (Fsp3) is 0.238. The average molecular weight is 410 g/mol. The number of benzene rings is 2. The number of anilines is 1. The number of aromatic carboxylic acids is 1. The number of para-hydroxylation sites is 1. The minimum atomic E-state index is -1.27. The normalized spacial score (nSPS) is 14.2. The van der Waals surface area contributed by atoms with E-state index in [0.29, 0.717) is 31.9 Å². The molecule has 0 bridgehead atoms. The summed E-state index contributed by atoms with van der Waals surface area (Å²) in [7, 11) is 0. The first-order chi connectivity index (χ1) is 14.5. The zero-order chi connectivity index (χ0) is 21.3. The maximum absolute atomic E-state index is 14.0. The standard InChI is InChI=1S/C21H19FN4O4/c22-16-7-3-4-8-17(16)24-9-11-25(12-10-24)18(27)13-26-20(28)15-6-2-1-5-14(15)19(23-26)21(29)30/h1-8H,9-13H2,(H,29,30). The molecule has 0 aliphatic carbocycles. The monoisotopic (exact) mass is 410 g/mol. The van der Waals surface area contributed by atoms with Gasteiger partial charge in [0.25, 0.3) is 5.56 Å². The number of carbonyl (C=O) groups excluding carboxylic acids is 1.